The van der Waals surface area contributed by atoms with E-state index in [9.17, 15) is 0 Å². The Morgan fingerprint density at radius 2 is 2.18 bits per heavy atom. The molecule has 2 unspecified atom stereocenters. The van der Waals surface area contributed by atoms with E-state index in [-0.39, 0.29) is 0 Å². The third kappa shape index (κ3) is 3.17. The van der Waals surface area contributed by atoms with Gasteiger partial charge in [0.2, 0.25) is 0 Å². The van der Waals surface area contributed by atoms with Gasteiger partial charge in [0.15, 0.2) is 5.17 Å². The molecule has 1 aromatic rings. The Bertz CT molecular complexity index is 445. The van der Waals surface area contributed by atoms with Gasteiger partial charge in [-0.1, -0.05) is 36.4 Å². The predicted octanol–water partition coefficient (Wildman–Crippen LogP) is 4.33. The molecule has 2 nitrogen and oxygen atoms in total. The maximum Gasteiger partial charge on any atom is 0.161 e. The van der Waals surface area contributed by atoms with Crippen LogP contribution in [0.5, 0.6) is 0 Å². The zero-order valence-corrected chi connectivity index (χ0v) is 11.9. The molecule has 0 amide bonds. The summed E-state index contributed by atoms with van der Waals surface area (Å²) in [6, 6.07) is 6.30. The van der Waals surface area contributed by atoms with Crippen molar-refractivity contribution < 1.29 is 0 Å². The zero-order valence-electron chi connectivity index (χ0n) is 10.3. The number of anilines is 1. The molecule has 2 rings (SSSR count). The van der Waals surface area contributed by atoms with E-state index in [1.165, 1.54) is 0 Å². The summed E-state index contributed by atoms with van der Waals surface area (Å²) in [5.74, 6) is 0. The van der Waals surface area contributed by atoms with Gasteiger partial charge in [-0.15, -0.1) is 0 Å². The topological polar surface area (TPSA) is 24.4 Å². The molecular formula is C13H17ClN2S. The fourth-order valence-electron chi connectivity index (χ4n) is 1.92. The summed E-state index contributed by atoms with van der Waals surface area (Å²) in [6.07, 6.45) is 1.14. The Labute approximate surface area is 112 Å². The highest BCUT2D eigenvalue weighted by molar-refractivity contribution is 8.14. The lowest BCUT2D eigenvalue weighted by atomic mass is 10.2. The second-order valence-electron chi connectivity index (χ2n) is 4.48. The minimum absolute atomic E-state index is 0.397. The Kier molecular flexibility index (Phi) is 4.00. The van der Waals surface area contributed by atoms with Crippen molar-refractivity contribution in [3.8, 4) is 0 Å². The molecule has 0 bridgehead atoms. The van der Waals surface area contributed by atoms with Gasteiger partial charge in [-0.25, -0.2) is 0 Å². The van der Waals surface area contributed by atoms with Crippen LogP contribution in [0.2, 0.25) is 5.02 Å². The number of hydrogen-bond donors (Lipinski definition) is 1. The van der Waals surface area contributed by atoms with Crippen molar-refractivity contribution in [2.75, 3.05) is 5.32 Å². The second-order valence-corrected chi connectivity index (χ2v) is 6.32. The van der Waals surface area contributed by atoms with Crippen LogP contribution >= 0.6 is 23.4 Å². The normalized spacial score (nSPS) is 24.4. The highest BCUT2D eigenvalue weighted by Gasteiger charge is 2.18. The minimum atomic E-state index is 0.397. The monoisotopic (exact) mass is 268 g/mol. The molecule has 1 aromatic carbocycles. The first-order chi connectivity index (χ1) is 8.06. The number of hydrogen-bond acceptors (Lipinski definition) is 3. The van der Waals surface area contributed by atoms with Gasteiger partial charge in [0.25, 0.3) is 0 Å². The molecule has 0 aliphatic carbocycles. The molecule has 1 aliphatic rings. The lowest BCUT2D eigenvalue weighted by molar-refractivity contribution is 0.661. The van der Waals surface area contributed by atoms with Gasteiger partial charge in [-0.2, -0.15) is 0 Å². The van der Waals surface area contributed by atoms with Crippen LogP contribution in [0.1, 0.15) is 25.8 Å². The van der Waals surface area contributed by atoms with Gasteiger partial charge in [-0.3, -0.25) is 4.99 Å². The lowest BCUT2D eigenvalue weighted by Crippen LogP contribution is -2.23. The lowest BCUT2D eigenvalue weighted by Gasteiger charge is -2.23. The number of aliphatic imine (C=N–C) groups is 1. The van der Waals surface area contributed by atoms with Crippen molar-refractivity contribution in [3.63, 3.8) is 0 Å². The summed E-state index contributed by atoms with van der Waals surface area (Å²) >= 11 is 7.90. The van der Waals surface area contributed by atoms with Crippen molar-refractivity contribution in [2.24, 2.45) is 4.99 Å². The predicted molar refractivity (Wildman–Crippen MR) is 78.4 cm³/mol. The number of halogens is 1. The average Bonchev–Trinajstić information content (AvgIpc) is 2.23. The largest absolute Gasteiger partial charge is 0.335 e. The number of benzene rings is 1. The van der Waals surface area contributed by atoms with Gasteiger partial charge in [0.1, 0.15) is 0 Å². The fraction of sp³-hybridized carbons (Fsp3) is 0.462. The number of nitrogens with zero attached hydrogens (tertiary/aromatic N) is 1. The molecule has 1 aliphatic heterocycles. The zero-order chi connectivity index (χ0) is 12.4. The summed E-state index contributed by atoms with van der Waals surface area (Å²) in [5, 5.41) is 5.79. The van der Waals surface area contributed by atoms with Crippen LogP contribution < -0.4 is 5.32 Å². The van der Waals surface area contributed by atoms with Crippen LogP contribution in [0.15, 0.2) is 23.2 Å². The minimum Gasteiger partial charge on any atom is -0.335 e. The van der Waals surface area contributed by atoms with E-state index in [1.807, 2.05) is 25.1 Å². The number of rotatable bonds is 1. The molecule has 0 saturated carbocycles. The molecule has 0 spiro atoms. The smallest absolute Gasteiger partial charge is 0.161 e. The molecule has 92 valence electrons. The van der Waals surface area contributed by atoms with Gasteiger partial charge in [0.05, 0.1) is 6.04 Å². The summed E-state index contributed by atoms with van der Waals surface area (Å²) in [6.45, 7) is 6.41. The van der Waals surface area contributed by atoms with Crippen LogP contribution in [0.25, 0.3) is 0 Å². The molecule has 1 heterocycles. The molecule has 1 N–H and O–H groups in total. The summed E-state index contributed by atoms with van der Waals surface area (Å²) in [7, 11) is 0. The molecule has 0 radical (unpaired) electrons. The van der Waals surface area contributed by atoms with E-state index in [1.54, 1.807) is 11.8 Å². The Morgan fingerprint density at radius 1 is 1.41 bits per heavy atom. The van der Waals surface area contributed by atoms with Gasteiger partial charge in [0, 0.05) is 16.0 Å². The first-order valence-electron chi connectivity index (χ1n) is 5.83. The standard InChI is InChI=1S/C13H17ClN2S/c1-8-7-9(2)17-13(15-8)16-12-6-4-5-11(14)10(12)3/h4-6,8-9H,7H2,1-3H3,(H,15,16). The first-order valence-corrected chi connectivity index (χ1v) is 7.08. The number of thioether (sulfide) groups is 1. The van der Waals surface area contributed by atoms with E-state index < -0.39 is 0 Å². The molecular weight excluding hydrogens is 252 g/mol. The molecule has 0 saturated heterocycles. The van der Waals surface area contributed by atoms with Gasteiger partial charge >= 0.3 is 0 Å². The highest BCUT2D eigenvalue weighted by Crippen LogP contribution is 2.28. The molecule has 2 atom stereocenters. The molecule has 0 aromatic heterocycles. The third-order valence-corrected chi connectivity index (χ3v) is 4.27. The Hall–Kier alpha value is -0.670. The highest BCUT2D eigenvalue weighted by atomic mass is 35.5. The van der Waals surface area contributed by atoms with E-state index in [2.05, 4.69) is 24.2 Å². The maximum atomic E-state index is 6.10. The average molecular weight is 269 g/mol. The van der Waals surface area contributed by atoms with Gasteiger partial charge < -0.3 is 5.32 Å². The Morgan fingerprint density at radius 3 is 2.88 bits per heavy atom. The quantitative estimate of drug-likeness (QED) is 0.820. The van der Waals surface area contributed by atoms with Crippen LogP contribution in [0.3, 0.4) is 0 Å². The van der Waals surface area contributed by atoms with Gasteiger partial charge in [-0.05, 0) is 38.0 Å². The Balaban J connectivity index is 2.18. The third-order valence-electron chi connectivity index (χ3n) is 2.83. The van der Waals surface area contributed by atoms with E-state index in [0.29, 0.717) is 11.3 Å². The van der Waals surface area contributed by atoms with Crippen molar-refractivity contribution in [1.29, 1.82) is 0 Å². The maximum absolute atomic E-state index is 6.10. The van der Waals surface area contributed by atoms with E-state index in [0.717, 1.165) is 27.9 Å². The first kappa shape index (κ1) is 12.8. The van der Waals surface area contributed by atoms with Crippen LogP contribution in [-0.2, 0) is 0 Å². The SMILES string of the molecule is Cc1c(Cl)cccc1NC1=NC(C)CC(C)S1. The van der Waals surface area contributed by atoms with Crippen LogP contribution in [0, 0.1) is 6.92 Å². The van der Waals surface area contributed by atoms with Crippen molar-refractivity contribution in [2.45, 2.75) is 38.5 Å². The number of amidine groups is 1. The van der Waals surface area contributed by atoms with E-state index >= 15 is 0 Å². The summed E-state index contributed by atoms with van der Waals surface area (Å²) in [4.78, 5) is 4.62. The summed E-state index contributed by atoms with van der Waals surface area (Å²) in [5.41, 5.74) is 2.12. The van der Waals surface area contributed by atoms with Crippen LogP contribution in [-0.4, -0.2) is 16.5 Å². The summed E-state index contributed by atoms with van der Waals surface area (Å²) < 4.78 is 0. The second kappa shape index (κ2) is 5.32. The number of nitrogens with one attached hydrogen (secondary N) is 1. The fourth-order valence-corrected chi connectivity index (χ4v) is 3.26. The van der Waals surface area contributed by atoms with Crippen LogP contribution in [0.4, 0.5) is 5.69 Å². The van der Waals surface area contributed by atoms with Crippen molar-refractivity contribution in [1.82, 2.24) is 0 Å². The van der Waals surface area contributed by atoms with E-state index in [4.69, 9.17) is 11.6 Å². The van der Waals surface area contributed by atoms with Crippen molar-refractivity contribution in [3.05, 3.63) is 28.8 Å². The van der Waals surface area contributed by atoms with Crippen molar-refractivity contribution >= 4 is 34.2 Å². The molecule has 4 heteroatoms. The molecule has 0 fully saturated rings. The molecule has 17 heavy (non-hydrogen) atoms.